The van der Waals surface area contributed by atoms with Crippen LogP contribution in [0.5, 0.6) is 0 Å². The second-order valence-electron chi connectivity index (χ2n) is 3.66. The highest BCUT2D eigenvalue weighted by Gasteiger charge is 2.32. The van der Waals surface area contributed by atoms with E-state index in [-0.39, 0.29) is 0 Å². The molecule has 1 amide bonds. The van der Waals surface area contributed by atoms with Crippen molar-refractivity contribution in [2.45, 2.75) is 17.1 Å². The molecule has 0 radical (unpaired) electrons. The average Bonchev–Trinajstić information content (AvgIpc) is 2.30. The zero-order valence-corrected chi connectivity index (χ0v) is 10.4. The summed E-state index contributed by atoms with van der Waals surface area (Å²) in [5.41, 5.74) is 4.04. The Hall–Kier alpha value is -2.03. The monoisotopic (exact) mass is 293 g/mol. The van der Waals surface area contributed by atoms with Crippen LogP contribution >= 0.6 is 0 Å². The fourth-order valence-corrected chi connectivity index (χ4v) is 2.56. The Balaban J connectivity index is 3.59. The van der Waals surface area contributed by atoms with Gasteiger partial charge in [0.1, 0.15) is 10.1 Å². The highest BCUT2D eigenvalue weighted by molar-refractivity contribution is 7.92. The van der Waals surface area contributed by atoms with Crippen molar-refractivity contribution in [1.82, 2.24) is 0 Å². The van der Waals surface area contributed by atoms with Gasteiger partial charge in [-0.05, 0) is 19.1 Å². The Bertz CT molecular complexity index is 656. The van der Waals surface area contributed by atoms with Crippen molar-refractivity contribution in [2.75, 3.05) is 0 Å². The van der Waals surface area contributed by atoms with E-state index in [4.69, 9.17) is 10.8 Å². The van der Waals surface area contributed by atoms with E-state index in [0.29, 0.717) is 12.1 Å². The second kappa shape index (κ2) is 4.92. The third kappa shape index (κ3) is 2.70. The van der Waals surface area contributed by atoms with E-state index in [1.165, 1.54) is 0 Å². The summed E-state index contributed by atoms with van der Waals surface area (Å²) in [6.07, 6.45) is 0. The van der Waals surface area contributed by atoms with E-state index in [1.807, 2.05) is 0 Å². The molecule has 1 atom stereocenters. The normalized spacial score (nSPS) is 13.0. The van der Waals surface area contributed by atoms with Gasteiger partial charge in [0.15, 0.2) is 21.5 Å². The lowest BCUT2D eigenvalue weighted by molar-refractivity contribution is -0.117. The molecule has 0 aromatic heterocycles. The van der Waals surface area contributed by atoms with Crippen LogP contribution in [0.2, 0.25) is 0 Å². The molecule has 1 aromatic rings. The van der Waals surface area contributed by atoms with Gasteiger partial charge in [-0.1, -0.05) is 0 Å². The van der Waals surface area contributed by atoms with Gasteiger partial charge in [0, 0.05) is 0 Å². The van der Waals surface area contributed by atoms with Crippen molar-refractivity contribution in [3.8, 4) is 0 Å². The number of carboxylic acid groups (broad SMARTS) is 1. The average molecular weight is 293 g/mol. The summed E-state index contributed by atoms with van der Waals surface area (Å²) in [4.78, 5) is 20.3. The molecule has 0 spiro atoms. The summed E-state index contributed by atoms with van der Waals surface area (Å²) < 4.78 is 50.3. The zero-order valence-electron chi connectivity index (χ0n) is 9.55. The van der Waals surface area contributed by atoms with Crippen LogP contribution in [0.3, 0.4) is 0 Å². The van der Waals surface area contributed by atoms with Crippen LogP contribution in [0, 0.1) is 11.6 Å². The molecule has 0 bridgehead atoms. The second-order valence-corrected chi connectivity index (χ2v) is 5.90. The first-order valence-corrected chi connectivity index (χ1v) is 6.39. The largest absolute Gasteiger partial charge is 0.478 e. The highest BCUT2D eigenvalue weighted by atomic mass is 32.2. The van der Waals surface area contributed by atoms with E-state index >= 15 is 0 Å². The fourth-order valence-electron chi connectivity index (χ4n) is 1.24. The molecule has 6 nitrogen and oxygen atoms in total. The quantitative estimate of drug-likeness (QED) is 0.829. The molecule has 0 fully saturated rings. The van der Waals surface area contributed by atoms with E-state index in [0.717, 1.165) is 6.92 Å². The summed E-state index contributed by atoms with van der Waals surface area (Å²) >= 11 is 0. The summed E-state index contributed by atoms with van der Waals surface area (Å²) in [6.45, 7) is 0.891. The van der Waals surface area contributed by atoms with E-state index in [1.54, 1.807) is 0 Å². The molecule has 0 heterocycles. The van der Waals surface area contributed by atoms with Gasteiger partial charge in [0.2, 0.25) is 5.91 Å². The highest BCUT2D eigenvalue weighted by Crippen LogP contribution is 2.23. The number of rotatable bonds is 4. The summed E-state index contributed by atoms with van der Waals surface area (Å²) in [6, 6.07) is 0.779. The number of halogens is 2. The first kappa shape index (κ1) is 15.0. The number of benzene rings is 1. The number of carboxylic acids is 1. The number of sulfone groups is 1. The summed E-state index contributed by atoms with van der Waals surface area (Å²) in [7, 11) is -4.60. The maximum absolute atomic E-state index is 13.5. The SMILES string of the molecule is CC(C(N)=O)S(=O)(=O)c1cc(C(=O)O)cc(F)c1F. The predicted molar refractivity (Wildman–Crippen MR) is 59.2 cm³/mol. The Kier molecular flexibility index (Phi) is 3.89. The molecule has 0 aliphatic carbocycles. The zero-order chi connectivity index (χ0) is 15.0. The van der Waals surface area contributed by atoms with Crippen LogP contribution in [0.1, 0.15) is 17.3 Å². The van der Waals surface area contributed by atoms with Gasteiger partial charge in [0.25, 0.3) is 0 Å². The number of primary amides is 1. The van der Waals surface area contributed by atoms with Crippen molar-refractivity contribution in [2.24, 2.45) is 5.73 Å². The Morgan fingerprint density at radius 2 is 1.84 bits per heavy atom. The molecule has 1 aromatic carbocycles. The lowest BCUT2D eigenvalue weighted by Crippen LogP contribution is -2.34. The molecule has 0 saturated carbocycles. The Morgan fingerprint density at radius 3 is 2.26 bits per heavy atom. The lowest BCUT2D eigenvalue weighted by Gasteiger charge is -2.11. The third-order valence-electron chi connectivity index (χ3n) is 2.41. The smallest absolute Gasteiger partial charge is 0.335 e. The number of hydrogen-bond acceptors (Lipinski definition) is 4. The molecule has 0 aliphatic rings. The van der Waals surface area contributed by atoms with E-state index < -0.39 is 49.1 Å². The van der Waals surface area contributed by atoms with Crippen LogP contribution in [0.4, 0.5) is 8.78 Å². The molecule has 1 unspecified atom stereocenters. The molecular formula is C10H9F2NO5S. The van der Waals surface area contributed by atoms with Crippen molar-refractivity contribution >= 4 is 21.7 Å². The molecular weight excluding hydrogens is 284 g/mol. The van der Waals surface area contributed by atoms with Gasteiger partial charge in [-0.3, -0.25) is 4.79 Å². The Labute approximate surface area is 106 Å². The number of carbonyl (C=O) groups excluding carboxylic acids is 1. The number of hydrogen-bond donors (Lipinski definition) is 2. The summed E-state index contributed by atoms with van der Waals surface area (Å²) in [5.74, 6) is -6.30. The molecule has 3 N–H and O–H groups in total. The van der Waals surface area contributed by atoms with Crippen molar-refractivity contribution in [3.05, 3.63) is 29.3 Å². The van der Waals surface area contributed by atoms with Crippen molar-refractivity contribution in [3.63, 3.8) is 0 Å². The third-order valence-corrected chi connectivity index (χ3v) is 4.49. The molecule has 0 aliphatic heterocycles. The van der Waals surface area contributed by atoms with Crippen LogP contribution in [0.25, 0.3) is 0 Å². The molecule has 9 heteroatoms. The van der Waals surface area contributed by atoms with E-state index in [9.17, 15) is 26.8 Å². The van der Waals surface area contributed by atoms with Gasteiger partial charge in [-0.15, -0.1) is 0 Å². The van der Waals surface area contributed by atoms with Crippen molar-refractivity contribution in [1.29, 1.82) is 0 Å². The molecule has 1 rings (SSSR count). The number of aromatic carboxylic acids is 1. The van der Waals surface area contributed by atoms with Crippen LogP contribution in [0.15, 0.2) is 17.0 Å². The standard InChI is InChI=1S/C10H9F2NO5S/c1-4(9(13)14)19(17,18)7-3-5(10(15)16)2-6(11)8(7)12/h2-4H,1H3,(H2,13,14)(H,15,16). The maximum Gasteiger partial charge on any atom is 0.335 e. The van der Waals surface area contributed by atoms with Crippen LogP contribution in [-0.2, 0) is 14.6 Å². The Morgan fingerprint density at radius 1 is 1.32 bits per heavy atom. The van der Waals surface area contributed by atoms with Gasteiger partial charge < -0.3 is 10.8 Å². The predicted octanol–water partition coefficient (Wildman–Crippen LogP) is 0.311. The first-order chi connectivity index (χ1) is 8.59. The lowest BCUT2D eigenvalue weighted by atomic mass is 10.2. The molecule has 104 valence electrons. The van der Waals surface area contributed by atoms with Crippen LogP contribution < -0.4 is 5.73 Å². The first-order valence-electron chi connectivity index (χ1n) is 4.84. The summed E-state index contributed by atoms with van der Waals surface area (Å²) in [5, 5.41) is 6.85. The van der Waals surface area contributed by atoms with Gasteiger partial charge >= 0.3 is 5.97 Å². The minimum absolute atomic E-state index is 0.339. The number of carbonyl (C=O) groups is 2. The van der Waals surface area contributed by atoms with Crippen molar-refractivity contribution < 1.29 is 31.9 Å². The van der Waals surface area contributed by atoms with Gasteiger partial charge in [0.05, 0.1) is 5.56 Å². The number of amides is 1. The molecule has 19 heavy (non-hydrogen) atoms. The van der Waals surface area contributed by atoms with Gasteiger partial charge in [-0.25, -0.2) is 22.0 Å². The van der Waals surface area contributed by atoms with E-state index in [2.05, 4.69) is 0 Å². The topological polar surface area (TPSA) is 115 Å². The molecule has 0 saturated heterocycles. The fraction of sp³-hybridized carbons (Fsp3) is 0.200. The number of nitrogens with two attached hydrogens (primary N) is 1. The minimum Gasteiger partial charge on any atom is -0.478 e. The minimum atomic E-state index is -4.60. The van der Waals surface area contributed by atoms with Crippen LogP contribution in [-0.4, -0.2) is 30.7 Å². The maximum atomic E-state index is 13.5. The van der Waals surface area contributed by atoms with Gasteiger partial charge in [-0.2, -0.15) is 0 Å².